The van der Waals surface area contributed by atoms with Gasteiger partial charge in [-0.3, -0.25) is 0 Å². The monoisotopic (exact) mass is 210 g/mol. The van der Waals surface area contributed by atoms with E-state index in [1.807, 2.05) is 0 Å². The second kappa shape index (κ2) is 2.48. The summed E-state index contributed by atoms with van der Waals surface area (Å²) in [6.45, 7) is 4.98. The largest absolute Gasteiger partial charge is 0.439 e. The van der Waals surface area contributed by atoms with Gasteiger partial charge >= 0.3 is 6.09 Å². The fourth-order valence-corrected chi connectivity index (χ4v) is 3.97. The smallest absolute Gasteiger partial charge is 0.408 e. The molecule has 1 saturated heterocycles. The van der Waals surface area contributed by atoms with Crippen molar-refractivity contribution in [2.24, 2.45) is 23.0 Å². The minimum Gasteiger partial charge on any atom is -0.439 e. The topological polar surface area (TPSA) is 64.3 Å². The first-order valence-corrected chi connectivity index (χ1v) is 5.70. The first kappa shape index (κ1) is 9.46. The second-order valence-electron chi connectivity index (χ2n) is 5.79. The lowest BCUT2D eigenvalue weighted by atomic mass is 9.43. The van der Waals surface area contributed by atoms with E-state index in [1.54, 1.807) is 0 Å². The highest BCUT2D eigenvalue weighted by atomic mass is 16.6. The van der Waals surface area contributed by atoms with E-state index in [0.29, 0.717) is 18.4 Å². The Hall–Kier alpha value is -0.770. The van der Waals surface area contributed by atoms with Crippen molar-refractivity contribution in [1.29, 1.82) is 0 Å². The van der Waals surface area contributed by atoms with Crippen molar-refractivity contribution in [2.75, 3.05) is 6.54 Å². The molecule has 4 aliphatic rings. The molecule has 0 aromatic heterocycles. The van der Waals surface area contributed by atoms with Gasteiger partial charge in [0.05, 0.1) is 6.04 Å². The van der Waals surface area contributed by atoms with Crippen LogP contribution in [-0.2, 0) is 4.74 Å². The van der Waals surface area contributed by atoms with Gasteiger partial charge in [-0.25, -0.2) is 4.79 Å². The predicted octanol–water partition coefficient (Wildman–Crippen LogP) is 0.858. The van der Waals surface area contributed by atoms with Crippen molar-refractivity contribution in [1.82, 2.24) is 5.32 Å². The first-order valence-electron chi connectivity index (χ1n) is 5.70. The van der Waals surface area contributed by atoms with E-state index in [4.69, 9.17) is 10.5 Å². The molecule has 4 fully saturated rings. The molecule has 4 heteroatoms. The van der Waals surface area contributed by atoms with Gasteiger partial charge in [0.1, 0.15) is 5.60 Å². The number of hydrogen-bond acceptors (Lipinski definition) is 3. The molecule has 1 aliphatic heterocycles. The molecule has 0 aromatic rings. The standard InChI is InChI=1S/C11H18N2O2/c1-10(2)6-3-7(10)11(5-12)8(4-6)13-9(14)15-11/h6-8H,3-5,12H2,1-2H3,(H,13,14)/t6-,7-,8+,11-/m1/s1. The molecule has 3 N–H and O–H groups in total. The number of carbonyl (C=O) groups excluding carboxylic acids is 1. The Labute approximate surface area is 89.5 Å². The molecule has 3 aliphatic carbocycles. The van der Waals surface area contributed by atoms with E-state index < -0.39 is 5.60 Å². The summed E-state index contributed by atoms with van der Waals surface area (Å²) in [4.78, 5) is 11.4. The van der Waals surface area contributed by atoms with Gasteiger partial charge in [-0.1, -0.05) is 13.8 Å². The summed E-state index contributed by atoms with van der Waals surface area (Å²) in [5.41, 5.74) is 5.72. The van der Waals surface area contributed by atoms with E-state index in [9.17, 15) is 4.79 Å². The van der Waals surface area contributed by atoms with Gasteiger partial charge in [0, 0.05) is 12.5 Å². The Balaban J connectivity index is 2.00. The maximum absolute atomic E-state index is 11.4. The van der Waals surface area contributed by atoms with Crippen molar-refractivity contribution in [3.8, 4) is 0 Å². The summed E-state index contributed by atoms with van der Waals surface area (Å²) < 4.78 is 5.51. The molecule has 0 aromatic carbocycles. The highest BCUT2D eigenvalue weighted by molar-refractivity contribution is 5.71. The number of nitrogens with one attached hydrogen (secondary N) is 1. The highest BCUT2D eigenvalue weighted by Gasteiger charge is 2.69. The Bertz CT molecular complexity index is 329. The predicted molar refractivity (Wildman–Crippen MR) is 55.2 cm³/mol. The second-order valence-corrected chi connectivity index (χ2v) is 5.79. The fourth-order valence-electron chi connectivity index (χ4n) is 3.97. The molecule has 15 heavy (non-hydrogen) atoms. The van der Waals surface area contributed by atoms with Crippen molar-refractivity contribution >= 4 is 6.09 Å². The number of ether oxygens (including phenoxy) is 1. The molecule has 0 unspecified atom stereocenters. The molecule has 1 amide bonds. The van der Waals surface area contributed by atoms with Crippen LogP contribution in [-0.4, -0.2) is 24.3 Å². The van der Waals surface area contributed by atoms with E-state index in [1.165, 1.54) is 0 Å². The van der Waals surface area contributed by atoms with Crippen LogP contribution in [0, 0.1) is 17.3 Å². The number of nitrogens with two attached hydrogens (primary N) is 1. The maximum atomic E-state index is 11.4. The molecule has 4 atom stereocenters. The van der Waals surface area contributed by atoms with Crippen LogP contribution >= 0.6 is 0 Å². The molecular formula is C11H18N2O2. The maximum Gasteiger partial charge on any atom is 0.408 e. The summed E-state index contributed by atoms with van der Waals surface area (Å²) in [5.74, 6) is 1.15. The van der Waals surface area contributed by atoms with Gasteiger partial charge in [-0.05, 0) is 24.2 Å². The molecule has 0 radical (unpaired) electrons. The summed E-state index contributed by atoms with van der Waals surface area (Å²) in [5, 5.41) is 2.90. The Morgan fingerprint density at radius 1 is 1.53 bits per heavy atom. The number of hydrogen-bond donors (Lipinski definition) is 2. The molecule has 4 nitrogen and oxygen atoms in total. The molecular weight excluding hydrogens is 192 g/mol. The summed E-state index contributed by atoms with van der Waals surface area (Å²) >= 11 is 0. The van der Waals surface area contributed by atoms with Gasteiger partial charge < -0.3 is 15.8 Å². The van der Waals surface area contributed by atoms with Crippen LogP contribution in [0.4, 0.5) is 4.79 Å². The SMILES string of the molecule is CC1(C)[C@H]2C[C@@H]3NC(=O)O[C@]3(CN)[C@@H]1C2. The van der Waals surface area contributed by atoms with Gasteiger partial charge in [-0.2, -0.15) is 0 Å². The van der Waals surface area contributed by atoms with E-state index in [2.05, 4.69) is 19.2 Å². The van der Waals surface area contributed by atoms with Gasteiger partial charge in [0.25, 0.3) is 0 Å². The number of rotatable bonds is 1. The fraction of sp³-hybridized carbons (Fsp3) is 0.909. The van der Waals surface area contributed by atoms with Gasteiger partial charge in [0.15, 0.2) is 0 Å². The van der Waals surface area contributed by atoms with Gasteiger partial charge in [0.2, 0.25) is 0 Å². The van der Waals surface area contributed by atoms with Crippen LogP contribution in [0.2, 0.25) is 0 Å². The van der Waals surface area contributed by atoms with E-state index in [0.717, 1.165) is 12.8 Å². The number of amides is 1. The Kier molecular flexibility index (Phi) is 1.57. The molecule has 1 heterocycles. The average molecular weight is 210 g/mol. The lowest BCUT2D eigenvalue weighted by Crippen LogP contribution is -2.70. The number of alkyl carbamates (subject to hydrolysis) is 1. The third-order valence-electron chi connectivity index (χ3n) is 5.06. The molecule has 4 rings (SSSR count). The van der Waals surface area contributed by atoms with Crippen LogP contribution in [0.1, 0.15) is 26.7 Å². The van der Waals surface area contributed by atoms with Crippen molar-refractivity contribution in [3.05, 3.63) is 0 Å². The normalized spacial score (nSPS) is 50.1. The quantitative estimate of drug-likeness (QED) is 0.674. The van der Waals surface area contributed by atoms with E-state index >= 15 is 0 Å². The molecule has 84 valence electrons. The van der Waals surface area contributed by atoms with Crippen LogP contribution in [0.25, 0.3) is 0 Å². The summed E-state index contributed by atoms with van der Waals surface area (Å²) in [7, 11) is 0. The van der Waals surface area contributed by atoms with Crippen LogP contribution in [0.5, 0.6) is 0 Å². The zero-order chi connectivity index (χ0) is 10.8. The zero-order valence-corrected chi connectivity index (χ0v) is 9.25. The van der Waals surface area contributed by atoms with Crippen molar-refractivity contribution in [2.45, 2.75) is 38.3 Å². The molecule has 3 saturated carbocycles. The van der Waals surface area contributed by atoms with E-state index in [-0.39, 0.29) is 17.6 Å². The minimum absolute atomic E-state index is 0.145. The summed E-state index contributed by atoms with van der Waals surface area (Å²) in [6, 6.07) is 0.145. The molecule has 0 spiro atoms. The van der Waals surface area contributed by atoms with Crippen LogP contribution < -0.4 is 11.1 Å². The zero-order valence-electron chi connectivity index (χ0n) is 9.25. The number of carbonyl (C=O) groups is 1. The lowest BCUT2D eigenvalue weighted by molar-refractivity contribution is -0.189. The Morgan fingerprint density at radius 3 is 2.87 bits per heavy atom. The van der Waals surface area contributed by atoms with Crippen molar-refractivity contribution < 1.29 is 9.53 Å². The third-order valence-corrected chi connectivity index (χ3v) is 5.06. The van der Waals surface area contributed by atoms with Crippen molar-refractivity contribution in [3.63, 3.8) is 0 Å². The van der Waals surface area contributed by atoms with Crippen LogP contribution in [0.15, 0.2) is 0 Å². The highest BCUT2D eigenvalue weighted by Crippen LogP contribution is 2.64. The Morgan fingerprint density at radius 2 is 2.27 bits per heavy atom. The first-order chi connectivity index (χ1) is 7.00. The summed E-state index contributed by atoms with van der Waals surface area (Å²) in [6.07, 6.45) is 1.90. The minimum atomic E-state index is -0.421. The van der Waals surface area contributed by atoms with Crippen LogP contribution in [0.3, 0.4) is 0 Å². The third kappa shape index (κ3) is 0.893. The lowest BCUT2D eigenvalue weighted by Gasteiger charge is -2.64. The average Bonchev–Trinajstić information content (AvgIpc) is 2.53. The molecule has 2 bridgehead atoms. The van der Waals surface area contributed by atoms with Gasteiger partial charge in [-0.15, -0.1) is 0 Å².